The highest BCUT2D eigenvalue weighted by atomic mass is 31.1. The first-order valence-corrected chi connectivity index (χ1v) is 22.5. The van der Waals surface area contributed by atoms with Gasteiger partial charge in [0.2, 0.25) is 0 Å². The fraction of sp³-hybridized carbons (Fsp3) is 0.154. The SMILES string of the molecule is CN(C)c1ccc(P(c2ccc(N(C)C)cc2)c2cc3ccccc3c(-c3cccc4ccccc34)c2P(c2ccc(N(C)C)cc2)c2ccc(N(C)C)cc2)cc1. The van der Waals surface area contributed by atoms with Gasteiger partial charge in [0.25, 0.3) is 0 Å². The molecule has 0 fully saturated rings. The van der Waals surface area contributed by atoms with Crippen LogP contribution in [0.5, 0.6) is 0 Å². The van der Waals surface area contributed by atoms with Crippen LogP contribution in [0.25, 0.3) is 32.7 Å². The molecule has 0 atom stereocenters. The summed E-state index contributed by atoms with van der Waals surface area (Å²) < 4.78 is 0. The molecule has 8 aromatic rings. The summed E-state index contributed by atoms with van der Waals surface area (Å²) in [5.74, 6) is 0. The van der Waals surface area contributed by atoms with Crippen molar-refractivity contribution in [3.8, 4) is 11.1 Å². The van der Waals surface area contributed by atoms with Gasteiger partial charge in [-0.2, -0.15) is 0 Å². The van der Waals surface area contributed by atoms with E-state index in [0.717, 1.165) is 0 Å². The van der Waals surface area contributed by atoms with Gasteiger partial charge < -0.3 is 19.6 Å². The highest BCUT2D eigenvalue weighted by Gasteiger charge is 2.31. The second-order valence-electron chi connectivity index (χ2n) is 15.7. The minimum absolute atomic E-state index is 1.04. The average Bonchev–Trinajstić information content (AvgIpc) is 3.24. The van der Waals surface area contributed by atoms with Crippen LogP contribution in [0.4, 0.5) is 22.7 Å². The summed E-state index contributed by atoms with van der Waals surface area (Å²) in [7, 11) is 14.8. The largest absolute Gasteiger partial charge is 0.378 e. The van der Waals surface area contributed by atoms with Crippen LogP contribution < -0.4 is 51.4 Å². The van der Waals surface area contributed by atoms with Crippen molar-refractivity contribution in [1.82, 2.24) is 0 Å². The van der Waals surface area contributed by atoms with E-state index in [1.807, 2.05) is 0 Å². The lowest BCUT2D eigenvalue weighted by molar-refractivity contribution is 1.13. The Hall–Kier alpha value is -5.66. The Kier molecular flexibility index (Phi) is 11.3. The van der Waals surface area contributed by atoms with Gasteiger partial charge in [0.15, 0.2) is 0 Å². The van der Waals surface area contributed by atoms with Crippen molar-refractivity contribution >= 4 is 92.0 Å². The highest BCUT2D eigenvalue weighted by Crippen LogP contribution is 2.46. The van der Waals surface area contributed by atoms with Crippen molar-refractivity contribution < 1.29 is 0 Å². The molecule has 4 nitrogen and oxygen atoms in total. The monoisotopic (exact) mass is 794 g/mol. The van der Waals surface area contributed by atoms with Crippen LogP contribution in [-0.2, 0) is 0 Å². The van der Waals surface area contributed by atoms with Gasteiger partial charge in [-0.05, 0) is 130 Å². The van der Waals surface area contributed by atoms with Gasteiger partial charge in [0.1, 0.15) is 0 Å². The van der Waals surface area contributed by atoms with Crippen LogP contribution in [0.1, 0.15) is 0 Å². The number of hydrogen-bond donors (Lipinski definition) is 0. The van der Waals surface area contributed by atoms with Crippen LogP contribution in [-0.4, -0.2) is 56.4 Å². The molecule has 0 aliphatic heterocycles. The molecule has 0 spiro atoms. The second-order valence-corrected chi connectivity index (χ2v) is 20.0. The Balaban J connectivity index is 1.55. The summed E-state index contributed by atoms with van der Waals surface area (Å²) in [6.45, 7) is 0. The summed E-state index contributed by atoms with van der Waals surface area (Å²) >= 11 is 0. The molecule has 0 bridgehead atoms. The third-order valence-corrected chi connectivity index (χ3v) is 16.2. The summed E-state index contributed by atoms with van der Waals surface area (Å²) in [5, 5.41) is 13.2. The number of fused-ring (bicyclic) bond motifs is 2. The van der Waals surface area contributed by atoms with Crippen LogP contribution in [0.3, 0.4) is 0 Å². The van der Waals surface area contributed by atoms with Gasteiger partial charge in [-0.3, -0.25) is 0 Å². The first-order chi connectivity index (χ1) is 28.1. The number of rotatable bonds is 11. The van der Waals surface area contributed by atoms with E-state index < -0.39 is 15.8 Å². The van der Waals surface area contributed by atoms with E-state index in [-0.39, 0.29) is 0 Å². The molecule has 0 aliphatic rings. The molecule has 0 heterocycles. The highest BCUT2D eigenvalue weighted by molar-refractivity contribution is 7.85. The smallest absolute Gasteiger partial charge is 0.0361 e. The minimum Gasteiger partial charge on any atom is -0.378 e. The molecule has 0 amide bonds. The Labute approximate surface area is 347 Å². The summed E-state index contributed by atoms with van der Waals surface area (Å²) in [6, 6.07) is 64.7. The molecule has 8 rings (SSSR count). The quantitative estimate of drug-likeness (QED) is 0.121. The topological polar surface area (TPSA) is 13.0 Å². The van der Waals surface area contributed by atoms with E-state index in [1.54, 1.807) is 0 Å². The third kappa shape index (κ3) is 7.68. The maximum Gasteiger partial charge on any atom is 0.0361 e. The standard InChI is InChI=1S/C52H52N4P2/c1-53(2)39-20-28-43(29-21-39)57(44-30-22-40(23-31-44)54(3)4)50-36-38-15-10-12-18-48(38)51(49-19-13-16-37-14-9-11-17-47(37)49)52(50)58(45-32-24-41(25-33-45)55(5)6)46-34-26-42(27-35-46)56(7)8/h9-36H,1-8H3. The van der Waals surface area contributed by atoms with E-state index in [2.05, 4.69) is 246 Å². The molecular formula is C52H52N4P2. The Morgan fingerprint density at radius 2 is 0.690 bits per heavy atom. The van der Waals surface area contributed by atoms with Crippen LogP contribution in [0, 0.1) is 0 Å². The Bertz CT molecular complexity index is 2560. The minimum atomic E-state index is -1.09. The zero-order valence-electron chi connectivity index (χ0n) is 34.8. The molecule has 58 heavy (non-hydrogen) atoms. The zero-order valence-corrected chi connectivity index (χ0v) is 36.6. The van der Waals surface area contributed by atoms with Gasteiger partial charge >= 0.3 is 0 Å². The molecule has 0 aromatic heterocycles. The number of nitrogens with zero attached hydrogens (tertiary/aromatic N) is 4. The number of hydrogen-bond acceptors (Lipinski definition) is 4. The normalized spacial score (nSPS) is 11.4. The fourth-order valence-electron chi connectivity index (χ4n) is 7.87. The fourth-order valence-corrected chi connectivity index (χ4v) is 13.3. The summed E-state index contributed by atoms with van der Waals surface area (Å²) in [4.78, 5) is 8.75. The van der Waals surface area contributed by atoms with E-state index >= 15 is 0 Å². The molecule has 6 heteroatoms. The van der Waals surface area contributed by atoms with Gasteiger partial charge in [0, 0.05) is 84.4 Å². The van der Waals surface area contributed by atoms with Crippen molar-refractivity contribution in [2.75, 3.05) is 76.0 Å². The Morgan fingerprint density at radius 3 is 1.12 bits per heavy atom. The maximum atomic E-state index is 2.54. The molecule has 0 radical (unpaired) electrons. The lowest BCUT2D eigenvalue weighted by Gasteiger charge is -2.32. The summed E-state index contributed by atoms with van der Waals surface area (Å²) in [6.07, 6.45) is 0. The van der Waals surface area contributed by atoms with E-state index in [9.17, 15) is 0 Å². The first-order valence-electron chi connectivity index (χ1n) is 19.8. The zero-order chi connectivity index (χ0) is 40.5. The molecular weight excluding hydrogens is 743 g/mol. The predicted octanol–water partition coefficient (Wildman–Crippen LogP) is 9.44. The maximum absolute atomic E-state index is 2.54. The van der Waals surface area contributed by atoms with Crippen molar-refractivity contribution in [1.29, 1.82) is 0 Å². The summed E-state index contributed by atoms with van der Waals surface area (Å²) in [5.41, 5.74) is 7.38. The van der Waals surface area contributed by atoms with Gasteiger partial charge in [-0.25, -0.2) is 0 Å². The Morgan fingerprint density at radius 1 is 0.328 bits per heavy atom. The predicted molar refractivity (Wildman–Crippen MR) is 262 cm³/mol. The van der Waals surface area contributed by atoms with Crippen LogP contribution >= 0.6 is 15.8 Å². The van der Waals surface area contributed by atoms with Crippen LogP contribution in [0.15, 0.2) is 170 Å². The molecule has 0 N–H and O–H groups in total. The third-order valence-electron chi connectivity index (χ3n) is 11.0. The number of anilines is 4. The van der Waals surface area contributed by atoms with Crippen molar-refractivity contribution in [2.45, 2.75) is 0 Å². The lowest BCUT2D eigenvalue weighted by Crippen LogP contribution is -2.36. The van der Waals surface area contributed by atoms with Gasteiger partial charge in [-0.1, -0.05) is 115 Å². The van der Waals surface area contributed by atoms with Crippen molar-refractivity contribution in [3.05, 3.63) is 170 Å². The number of benzene rings is 8. The van der Waals surface area contributed by atoms with Crippen molar-refractivity contribution in [3.63, 3.8) is 0 Å². The molecule has 290 valence electrons. The second kappa shape index (κ2) is 16.7. The van der Waals surface area contributed by atoms with Gasteiger partial charge in [0.05, 0.1) is 0 Å². The molecule has 0 aliphatic carbocycles. The average molecular weight is 795 g/mol. The lowest BCUT2D eigenvalue weighted by atomic mass is 9.94. The van der Waals surface area contributed by atoms with E-state index in [4.69, 9.17) is 0 Å². The first kappa shape index (κ1) is 39.2. The van der Waals surface area contributed by atoms with Gasteiger partial charge in [-0.15, -0.1) is 0 Å². The van der Waals surface area contributed by atoms with Crippen LogP contribution in [0.2, 0.25) is 0 Å². The molecule has 0 saturated heterocycles. The van der Waals surface area contributed by atoms with E-state index in [1.165, 1.54) is 87.2 Å². The van der Waals surface area contributed by atoms with Crippen molar-refractivity contribution in [2.24, 2.45) is 0 Å². The molecule has 8 aromatic carbocycles. The molecule has 0 unspecified atom stereocenters. The molecule has 0 saturated carbocycles. The van der Waals surface area contributed by atoms with E-state index in [0.29, 0.717) is 0 Å².